The number of nitrogens with one attached hydrogen (secondary N) is 2. The summed E-state index contributed by atoms with van der Waals surface area (Å²) in [6, 6.07) is 3.85. The lowest BCUT2D eigenvalue weighted by Crippen LogP contribution is -2.16. The second kappa shape index (κ2) is 4.30. The highest BCUT2D eigenvalue weighted by Gasteiger charge is 2.21. The maximum absolute atomic E-state index is 13.8. The molecule has 6 nitrogen and oxygen atoms in total. The van der Waals surface area contributed by atoms with E-state index >= 15 is 0 Å². The van der Waals surface area contributed by atoms with Gasteiger partial charge in [-0.2, -0.15) is 5.10 Å². The molecule has 0 aliphatic rings. The Kier molecular flexibility index (Phi) is 2.95. The average Bonchev–Trinajstić information content (AvgIpc) is 2.75. The number of aryl methyl sites for hydroxylation is 1. The molecule has 1 aromatic heterocycles. The summed E-state index contributed by atoms with van der Waals surface area (Å²) < 4.78 is 39.9. The Labute approximate surface area is 103 Å². The number of hydrogen-bond acceptors (Lipinski definition) is 4. The van der Waals surface area contributed by atoms with E-state index in [0.29, 0.717) is 0 Å². The van der Waals surface area contributed by atoms with Crippen LogP contribution in [0.5, 0.6) is 0 Å². The van der Waals surface area contributed by atoms with E-state index in [9.17, 15) is 12.8 Å². The van der Waals surface area contributed by atoms with Crippen molar-refractivity contribution in [2.75, 3.05) is 10.5 Å². The molecule has 18 heavy (non-hydrogen) atoms. The highest BCUT2D eigenvalue weighted by Crippen LogP contribution is 2.23. The summed E-state index contributed by atoms with van der Waals surface area (Å²) in [7, 11) is -4.04. The Bertz CT molecular complexity index is 667. The number of rotatable bonds is 3. The van der Waals surface area contributed by atoms with Crippen LogP contribution in [0.25, 0.3) is 0 Å². The van der Waals surface area contributed by atoms with E-state index in [4.69, 9.17) is 5.73 Å². The first-order valence-corrected chi connectivity index (χ1v) is 6.46. The molecule has 2 aromatic rings. The first-order valence-electron chi connectivity index (χ1n) is 4.98. The molecule has 0 bridgehead atoms. The summed E-state index contributed by atoms with van der Waals surface area (Å²) in [6.07, 6.45) is 1.37. The maximum atomic E-state index is 13.8. The van der Waals surface area contributed by atoms with Crippen molar-refractivity contribution in [2.45, 2.75) is 11.8 Å². The molecule has 0 radical (unpaired) electrons. The van der Waals surface area contributed by atoms with Gasteiger partial charge in [-0.3, -0.25) is 9.82 Å². The lowest BCUT2D eigenvalue weighted by Gasteiger charge is -2.09. The van der Waals surface area contributed by atoms with E-state index in [1.165, 1.54) is 25.3 Å². The van der Waals surface area contributed by atoms with Crippen molar-refractivity contribution in [3.63, 3.8) is 0 Å². The van der Waals surface area contributed by atoms with E-state index < -0.39 is 20.7 Å². The highest BCUT2D eigenvalue weighted by atomic mass is 32.2. The summed E-state index contributed by atoms with van der Waals surface area (Å²) in [4.78, 5) is -0.491. The second-order valence-corrected chi connectivity index (χ2v) is 5.38. The Morgan fingerprint density at radius 2 is 2.17 bits per heavy atom. The molecular formula is C10H11FN4O2S. The smallest absolute Gasteiger partial charge is 0.266 e. The fraction of sp³-hybridized carbons (Fsp3) is 0.100. The lowest BCUT2D eigenvalue weighted by molar-refractivity contribution is 0.565. The van der Waals surface area contributed by atoms with Crippen molar-refractivity contribution >= 4 is 21.5 Å². The van der Waals surface area contributed by atoms with Crippen LogP contribution in [0.3, 0.4) is 0 Å². The molecule has 0 unspecified atom stereocenters. The molecule has 2 rings (SSSR count). The number of H-pyrrole nitrogens is 1. The molecule has 0 saturated carbocycles. The zero-order chi connectivity index (χ0) is 13.3. The van der Waals surface area contributed by atoms with Gasteiger partial charge in [0.2, 0.25) is 0 Å². The van der Waals surface area contributed by atoms with Gasteiger partial charge in [-0.1, -0.05) is 0 Å². The fourth-order valence-electron chi connectivity index (χ4n) is 1.47. The summed E-state index contributed by atoms with van der Waals surface area (Å²) >= 11 is 0. The number of nitrogen functional groups attached to an aromatic ring is 1. The molecule has 0 spiro atoms. The molecule has 1 aromatic carbocycles. The Hall–Kier alpha value is -2.09. The molecule has 0 amide bonds. The van der Waals surface area contributed by atoms with Crippen LogP contribution >= 0.6 is 0 Å². The number of aromatic amines is 1. The molecule has 8 heteroatoms. The molecular weight excluding hydrogens is 259 g/mol. The predicted octanol–water partition coefficient (Wildman–Crippen LogP) is 1.24. The average molecular weight is 270 g/mol. The number of nitrogens with zero attached hydrogens (tertiary/aromatic N) is 1. The largest absolute Gasteiger partial charge is 0.399 e. The van der Waals surface area contributed by atoms with Crippen LogP contribution in [-0.4, -0.2) is 18.6 Å². The van der Waals surface area contributed by atoms with Gasteiger partial charge in [-0.15, -0.1) is 0 Å². The van der Waals surface area contributed by atoms with Crippen LogP contribution in [0.4, 0.5) is 15.9 Å². The van der Waals surface area contributed by atoms with Crippen molar-refractivity contribution < 1.29 is 12.8 Å². The van der Waals surface area contributed by atoms with Crippen LogP contribution in [0.1, 0.15) is 5.56 Å². The molecule has 4 N–H and O–H groups in total. The Morgan fingerprint density at radius 3 is 2.78 bits per heavy atom. The number of benzene rings is 1. The first-order chi connectivity index (χ1) is 8.40. The van der Waals surface area contributed by atoms with Gasteiger partial charge >= 0.3 is 0 Å². The van der Waals surface area contributed by atoms with Crippen LogP contribution in [0.15, 0.2) is 29.3 Å². The van der Waals surface area contributed by atoms with E-state index in [1.54, 1.807) is 0 Å². The van der Waals surface area contributed by atoms with E-state index in [2.05, 4.69) is 14.9 Å². The summed E-state index contributed by atoms with van der Waals surface area (Å²) in [5, 5.41) is 6.00. The van der Waals surface area contributed by atoms with E-state index in [-0.39, 0.29) is 17.1 Å². The molecule has 1 heterocycles. The zero-order valence-electron chi connectivity index (χ0n) is 9.44. The van der Waals surface area contributed by atoms with Gasteiger partial charge in [-0.05, 0) is 24.6 Å². The third-order valence-electron chi connectivity index (χ3n) is 2.28. The Morgan fingerprint density at radius 1 is 1.44 bits per heavy atom. The summed E-state index contributed by atoms with van der Waals surface area (Å²) in [5.74, 6) is -0.675. The minimum Gasteiger partial charge on any atom is -0.399 e. The molecule has 0 aliphatic heterocycles. The summed E-state index contributed by atoms with van der Waals surface area (Å²) in [6.45, 7) is 1.45. The van der Waals surface area contributed by atoms with E-state index in [1.807, 2.05) is 0 Å². The quantitative estimate of drug-likeness (QED) is 0.730. The van der Waals surface area contributed by atoms with Gasteiger partial charge in [-0.25, -0.2) is 12.8 Å². The highest BCUT2D eigenvalue weighted by molar-refractivity contribution is 7.92. The van der Waals surface area contributed by atoms with Gasteiger partial charge in [0, 0.05) is 11.8 Å². The fourth-order valence-corrected chi connectivity index (χ4v) is 2.67. The minimum atomic E-state index is -4.04. The number of anilines is 2. The standard InChI is InChI=1S/C10H11FN4O2S/c1-6-4-7(12)5-8(10(6)11)18(16,17)15-9-2-3-13-14-9/h2-5H,12H2,1H3,(H2,13,14,15). The van der Waals surface area contributed by atoms with Crippen molar-refractivity contribution in [3.05, 3.63) is 35.8 Å². The number of aromatic nitrogens is 2. The van der Waals surface area contributed by atoms with Gasteiger partial charge in [0.1, 0.15) is 16.5 Å². The van der Waals surface area contributed by atoms with Crippen LogP contribution in [0, 0.1) is 12.7 Å². The number of halogens is 1. The third-order valence-corrected chi connectivity index (χ3v) is 3.64. The van der Waals surface area contributed by atoms with Gasteiger partial charge < -0.3 is 5.73 Å². The maximum Gasteiger partial charge on any atom is 0.266 e. The third kappa shape index (κ3) is 2.28. The van der Waals surface area contributed by atoms with Crippen LogP contribution in [-0.2, 0) is 10.0 Å². The van der Waals surface area contributed by atoms with Crippen molar-refractivity contribution in [3.8, 4) is 0 Å². The lowest BCUT2D eigenvalue weighted by atomic mass is 10.2. The van der Waals surface area contributed by atoms with Crippen molar-refractivity contribution in [1.29, 1.82) is 0 Å². The molecule has 0 fully saturated rings. The Balaban J connectivity index is 2.48. The monoisotopic (exact) mass is 270 g/mol. The minimum absolute atomic E-state index is 0.148. The van der Waals surface area contributed by atoms with Crippen molar-refractivity contribution in [1.82, 2.24) is 10.2 Å². The SMILES string of the molecule is Cc1cc(N)cc(S(=O)(=O)Nc2ccn[nH]2)c1F. The first kappa shape index (κ1) is 12.4. The number of nitrogens with two attached hydrogens (primary N) is 1. The number of hydrogen-bond donors (Lipinski definition) is 3. The molecule has 0 aliphatic carbocycles. The molecule has 0 saturated heterocycles. The topological polar surface area (TPSA) is 101 Å². The predicted molar refractivity (Wildman–Crippen MR) is 64.9 cm³/mol. The van der Waals surface area contributed by atoms with Gasteiger partial charge in [0.25, 0.3) is 10.0 Å². The number of sulfonamides is 1. The molecule has 96 valence electrons. The molecule has 0 atom stereocenters. The zero-order valence-corrected chi connectivity index (χ0v) is 10.3. The summed E-state index contributed by atoms with van der Waals surface area (Å²) in [5.41, 5.74) is 5.87. The van der Waals surface area contributed by atoms with Gasteiger partial charge in [0.05, 0.1) is 6.20 Å². The van der Waals surface area contributed by atoms with E-state index in [0.717, 1.165) is 6.07 Å². The normalized spacial score (nSPS) is 11.4. The second-order valence-electron chi connectivity index (χ2n) is 3.73. The van der Waals surface area contributed by atoms with Crippen LogP contribution in [0.2, 0.25) is 0 Å². The van der Waals surface area contributed by atoms with Gasteiger partial charge in [0.15, 0.2) is 0 Å². The van der Waals surface area contributed by atoms with Crippen molar-refractivity contribution in [2.24, 2.45) is 0 Å². The van der Waals surface area contributed by atoms with Crippen LogP contribution < -0.4 is 10.5 Å².